The van der Waals surface area contributed by atoms with Crippen molar-refractivity contribution in [3.05, 3.63) is 64.2 Å². The average Bonchev–Trinajstić information content (AvgIpc) is 3.24. The van der Waals surface area contributed by atoms with Crippen LogP contribution in [0, 0.1) is 0 Å². The molecule has 3 heterocycles. The first-order valence-corrected chi connectivity index (χ1v) is 12.7. The fourth-order valence-electron chi connectivity index (χ4n) is 5.07. The van der Waals surface area contributed by atoms with Gasteiger partial charge in [-0.1, -0.05) is 30.3 Å². The van der Waals surface area contributed by atoms with Crippen molar-refractivity contribution in [2.45, 2.75) is 45.1 Å². The summed E-state index contributed by atoms with van der Waals surface area (Å²) in [6, 6.07) is 10.7. The maximum Gasteiger partial charge on any atom is 0.404 e. The largest absolute Gasteiger partial charge is 0.488 e. The standard InChI is InChI=1S/C27H30N4O7/c32-23-8-7-22(25(33)29-23)31-15-21-20(26(31)34)6-5-19(13-28-27(35)36)24(21)38-16-18-3-1-17(2-4-18)14-30-9-11-37-12-10-30/h1-6,22,28H,7-16H2,(H,35,36)(H,29,32,33). The van der Waals surface area contributed by atoms with Gasteiger partial charge in [0.1, 0.15) is 18.4 Å². The van der Waals surface area contributed by atoms with Gasteiger partial charge < -0.3 is 24.8 Å². The number of benzene rings is 2. The number of piperidine rings is 1. The fraction of sp³-hybridized carbons (Fsp3) is 0.407. The number of rotatable bonds is 8. The van der Waals surface area contributed by atoms with Crippen molar-refractivity contribution in [2.75, 3.05) is 26.3 Å². The third-order valence-corrected chi connectivity index (χ3v) is 7.09. The number of carboxylic acid groups (broad SMARTS) is 1. The van der Waals surface area contributed by atoms with Crippen molar-refractivity contribution in [1.82, 2.24) is 20.4 Å². The Labute approximate surface area is 219 Å². The van der Waals surface area contributed by atoms with E-state index in [1.165, 1.54) is 10.5 Å². The van der Waals surface area contributed by atoms with Crippen LogP contribution in [-0.2, 0) is 40.6 Å². The van der Waals surface area contributed by atoms with E-state index in [9.17, 15) is 19.2 Å². The molecule has 11 nitrogen and oxygen atoms in total. The van der Waals surface area contributed by atoms with E-state index in [2.05, 4.69) is 27.7 Å². The Morgan fingerprint density at radius 3 is 2.53 bits per heavy atom. The number of amides is 4. The molecule has 2 aromatic carbocycles. The van der Waals surface area contributed by atoms with Crippen molar-refractivity contribution in [3.8, 4) is 5.75 Å². The normalized spacial score (nSPS) is 19.7. The Morgan fingerprint density at radius 1 is 1.08 bits per heavy atom. The van der Waals surface area contributed by atoms with Crippen LogP contribution in [0.25, 0.3) is 0 Å². The summed E-state index contributed by atoms with van der Waals surface area (Å²) in [7, 11) is 0. The third-order valence-electron chi connectivity index (χ3n) is 7.09. The maximum atomic E-state index is 13.2. The van der Waals surface area contributed by atoms with Gasteiger partial charge in [-0.15, -0.1) is 0 Å². The van der Waals surface area contributed by atoms with Crippen LogP contribution < -0.4 is 15.4 Å². The summed E-state index contributed by atoms with van der Waals surface area (Å²) in [6.07, 6.45) is -0.756. The molecule has 0 aromatic heterocycles. The number of morpholine rings is 1. The molecule has 0 bridgehead atoms. The molecule has 0 aliphatic carbocycles. The van der Waals surface area contributed by atoms with Gasteiger partial charge in [0.15, 0.2) is 0 Å². The lowest BCUT2D eigenvalue weighted by atomic mass is 10.0. The van der Waals surface area contributed by atoms with Gasteiger partial charge >= 0.3 is 6.09 Å². The zero-order valence-corrected chi connectivity index (χ0v) is 20.9. The molecule has 1 unspecified atom stereocenters. The van der Waals surface area contributed by atoms with Gasteiger partial charge in [0.25, 0.3) is 5.91 Å². The molecule has 3 N–H and O–H groups in total. The number of hydrogen-bond donors (Lipinski definition) is 3. The van der Waals surface area contributed by atoms with Crippen LogP contribution >= 0.6 is 0 Å². The van der Waals surface area contributed by atoms with Crippen LogP contribution in [0.4, 0.5) is 4.79 Å². The SMILES string of the molecule is O=C(O)NCc1ccc2c(c1OCc1ccc(CN3CCOCC3)cc1)CN(C1CCC(=O)NC1=O)C2=O. The van der Waals surface area contributed by atoms with E-state index in [0.717, 1.165) is 38.4 Å². The molecule has 2 saturated heterocycles. The average molecular weight is 523 g/mol. The Bertz CT molecular complexity index is 1240. The first-order valence-electron chi connectivity index (χ1n) is 12.7. The van der Waals surface area contributed by atoms with Crippen LogP contribution in [0.5, 0.6) is 5.75 Å². The lowest BCUT2D eigenvalue weighted by Crippen LogP contribution is -2.52. The van der Waals surface area contributed by atoms with Gasteiger partial charge in [0, 0.05) is 49.3 Å². The zero-order chi connectivity index (χ0) is 26.6. The topological polar surface area (TPSA) is 138 Å². The quantitative estimate of drug-likeness (QED) is 0.445. The second-order valence-electron chi connectivity index (χ2n) is 9.63. The molecule has 0 radical (unpaired) electrons. The van der Waals surface area contributed by atoms with E-state index in [1.54, 1.807) is 12.1 Å². The molecular formula is C27H30N4O7. The van der Waals surface area contributed by atoms with Crippen LogP contribution in [0.1, 0.15) is 45.5 Å². The lowest BCUT2D eigenvalue weighted by molar-refractivity contribution is -0.136. The molecule has 4 amide bonds. The molecule has 2 fully saturated rings. The predicted octanol–water partition coefficient (Wildman–Crippen LogP) is 1.63. The van der Waals surface area contributed by atoms with Gasteiger partial charge in [-0.25, -0.2) is 4.79 Å². The number of carbonyl (C=O) groups excluding carboxylic acids is 3. The summed E-state index contributed by atoms with van der Waals surface area (Å²) in [5.74, 6) is -0.728. The van der Waals surface area contributed by atoms with Crippen LogP contribution in [-0.4, -0.2) is 71.1 Å². The van der Waals surface area contributed by atoms with Crippen molar-refractivity contribution in [1.29, 1.82) is 0 Å². The summed E-state index contributed by atoms with van der Waals surface area (Å²) >= 11 is 0. The highest BCUT2D eigenvalue weighted by molar-refractivity contribution is 6.05. The van der Waals surface area contributed by atoms with E-state index in [0.29, 0.717) is 22.4 Å². The molecule has 3 aliphatic heterocycles. The maximum absolute atomic E-state index is 13.2. The minimum Gasteiger partial charge on any atom is -0.488 e. The van der Waals surface area contributed by atoms with Gasteiger partial charge in [0.05, 0.1) is 19.8 Å². The Balaban J connectivity index is 1.33. The van der Waals surface area contributed by atoms with Crippen molar-refractivity contribution >= 4 is 23.8 Å². The van der Waals surface area contributed by atoms with Crippen LogP contribution in [0.2, 0.25) is 0 Å². The van der Waals surface area contributed by atoms with Gasteiger partial charge in [-0.05, 0) is 23.6 Å². The third kappa shape index (κ3) is 5.63. The molecule has 1 atom stereocenters. The summed E-state index contributed by atoms with van der Waals surface area (Å²) < 4.78 is 11.6. The highest BCUT2D eigenvalue weighted by Gasteiger charge is 2.40. The molecule has 38 heavy (non-hydrogen) atoms. The van der Waals surface area contributed by atoms with E-state index >= 15 is 0 Å². The van der Waals surface area contributed by atoms with Gasteiger partial charge in [-0.3, -0.25) is 24.6 Å². The number of hydrogen-bond acceptors (Lipinski definition) is 7. The summed E-state index contributed by atoms with van der Waals surface area (Å²) in [6.45, 7) is 4.52. The molecule has 11 heteroatoms. The molecule has 3 aliphatic rings. The van der Waals surface area contributed by atoms with Crippen molar-refractivity contribution in [3.63, 3.8) is 0 Å². The van der Waals surface area contributed by atoms with E-state index < -0.39 is 18.0 Å². The van der Waals surface area contributed by atoms with E-state index in [4.69, 9.17) is 14.6 Å². The Morgan fingerprint density at radius 2 is 1.82 bits per heavy atom. The Kier molecular flexibility index (Phi) is 7.57. The van der Waals surface area contributed by atoms with E-state index in [1.807, 2.05) is 12.1 Å². The number of nitrogens with one attached hydrogen (secondary N) is 2. The number of fused-ring (bicyclic) bond motifs is 1. The Hall–Kier alpha value is -3.96. The van der Waals surface area contributed by atoms with Crippen molar-refractivity contribution in [2.24, 2.45) is 0 Å². The molecule has 0 saturated carbocycles. The van der Waals surface area contributed by atoms with Crippen LogP contribution in [0.3, 0.4) is 0 Å². The smallest absolute Gasteiger partial charge is 0.404 e. The zero-order valence-electron chi connectivity index (χ0n) is 20.9. The first-order chi connectivity index (χ1) is 18.4. The molecule has 5 rings (SSSR count). The highest BCUT2D eigenvalue weighted by Crippen LogP contribution is 2.36. The second kappa shape index (κ2) is 11.2. The van der Waals surface area contributed by atoms with Crippen LogP contribution in [0.15, 0.2) is 36.4 Å². The minimum atomic E-state index is -1.17. The summed E-state index contributed by atoms with van der Waals surface area (Å²) in [5, 5.41) is 13.8. The molecule has 200 valence electrons. The predicted molar refractivity (Wildman–Crippen MR) is 134 cm³/mol. The number of ether oxygens (including phenoxy) is 2. The number of imide groups is 1. The van der Waals surface area contributed by atoms with Crippen molar-refractivity contribution < 1.29 is 33.8 Å². The van der Waals surface area contributed by atoms with E-state index in [-0.39, 0.29) is 44.4 Å². The first kappa shape index (κ1) is 25.7. The fourth-order valence-corrected chi connectivity index (χ4v) is 5.07. The summed E-state index contributed by atoms with van der Waals surface area (Å²) in [4.78, 5) is 52.2. The molecule has 2 aromatic rings. The highest BCUT2D eigenvalue weighted by atomic mass is 16.5. The minimum absolute atomic E-state index is 0.00302. The van der Waals surface area contributed by atoms with Gasteiger partial charge in [0.2, 0.25) is 11.8 Å². The molecular weight excluding hydrogens is 492 g/mol. The molecule has 0 spiro atoms. The number of nitrogens with zero attached hydrogens (tertiary/aromatic N) is 2. The number of carbonyl (C=O) groups is 4. The monoisotopic (exact) mass is 522 g/mol. The lowest BCUT2D eigenvalue weighted by Gasteiger charge is -2.29. The summed E-state index contributed by atoms with van der Waals surface area (Å²) in [5.41, 5.74) is 3.72. The second-order valence-corrected chi connectivity index (χ2v) is 9.63. The van der Waals surface area contributed by atoms with Gasteiger partial charge in [-0.2, -0.15) is 0 Å².